The Kier molecular flexibility index (Phi) is 8.97. The van der Waals surface area contributed by atoms with Crippen molar-refractivity contribution >= 4 is 29.9 Å². The number of nitrogens with one attached hydrogen (secondary N) is 2. The van der Waals surface area contributed by atoms with E-state index in [1.54, 1.807) is 0 Å². The Morgan fingerprint density at radius 3 is 2.58 bits per heavy atom. The highest BCUT2D eigenvalue weighted by molar-refractivity contribution is 14.0. The van der Waals surface area contributed by atoms with Gasteiger partial charge in [0.05, 0.1) is 12.6 Å². The van der Waals surface area contributed by atoms with Crippen LogP contribution in [0.1, 0.15) is 39.2 Å². The second-order valence-corrected chi connectivity index (χ2v) is 6.60. The van der Waals surface area contributed by atoms with Gasteiger partial charge in [0.25, 0.3) is 0 Å². The Balaban J connectivity index is 0.00000288. The molecule has 1 fully saturated rings. The molecule has 4 nitrogen and oxygen atoms in total. The smallest absolute Gasteiger partial charge is 0.191 e. The molecule has 1 aromatic carbocycles. The van der Waals surface area contributed by atoms with Crippen LogP contribution in [0.25, 0.3) is 0 Å². The van der Waals surface area contributed by atoms with Crippen molar-refractivity contribution in [2.75, 3.05) is 26.2 Å². The monoisotopic (exact) mass is 449 g/mol. The standard InChI is InChI=1S/C18H28FN3O.HI/c1-4-20-17(21-12-16-6-5-11-23-16)22-13-18(2,3)14-7-9-15(19)10-8-14;/h7-10,16H,4-6,11-13H2,1-3H3,(H2,20,21,22);1H. The molecule has 1 aliphatic rings. The third-order valence-electron chi connectivity index (χ3n) is 4.12. The number of benzene rings is 1. The molecule has 2 N–H and O–H groups in total. The maximum Gasteiger partial charge on any atom is 0.191 e. The van der Waals surface area contributed by atoms with Crippen LogP contribution in [-0.2, 0) is 10.2 Å². The Hall–Kier alpha value is -0.890. The van der Waals surface area contributed by atoms with Crippen LogP contribution in [0.15, 0.2) is 29.3 Å². The molecule has 1 unspecified atom stereocenters. The lowest BCUT2D eigenvalue weighted by Crippen LogP contribution is -2.41. The SMILES string of the molecule is CCNC(=NCC(C)(C)c1ccc(F)cc1)NCC1CCCO1.I. The molecule has 2 rings (SSSR count). The normalized spacial score (nSPS) is 18.2. The molecular weight excluding hydrogens is 420 g/mol. The molecule has 1 aromatic rings. The summed E-state index contributed by atoms with van der Waals surface area (Å²) in [7, 11) is 0. The first kappa shape index (κ1) is 21.2. The summed E-state index contributed by atoms with van der Waals surface area (Å²) in [6.07, 6.45) is 2.52. The van der Waals surface area contributed by atoms with E-state index in [1.165, 1.54) is 12.1 Å². The highest BCUT2D eigenvalue weighted by Crippen LogP contribution is 2.23. The van der Waals surface area contributed by atoms with Gasteiger partial charge in [-0.1, -0.05) is 26.0 Å². The van der Waals surface area contributed by atoms with Gasteiger partial charge in [0.2, 0.25) is 0 Å². The molecule has 0 aliphatic carbocycles. The van der Waals surface area contributed by atoms with Crippen molar-refractivity contribution < 1.29 is 9.13 Å². The first-order valence-electron chi connectivity index (χ1n) is 8.41. The summed E-state index contributed by atoms with van der Waals surface area (Å²) in [6.45, 7) is 9.36. The average Bonchev–Trinajstić information content (AvgIpc) is 3.04. The summed E-state index contributed by atoms with van der Waals surface area (Å²) in [5.74, 6) is 0.595. The number of hydrogen-bond acceptors (Lipinski definition) is 2. The average molecular weight is 449 g/mol. The van der Waals surface area contributed by atoms with Crippen molar-refractivity contribution in [2.45, 2.75) is 45.1 Å². The molecule has 0 saturated carbocycles. The number of nitrogens with zero attached hydrogens (tertiary/aromatic N) is 1. The minimum atomic E-state index is -0.209. The number of ether oxygens (including phenoxy) is 1. The molecule has 24 heavy (non-hydrogen) atoms. The maximum atomic E-state index is 13.1. The van der Waals surface area contributed by atoms with E-state index in [-0.39, 0.29) is 41.3 Å². The molecule has 0 bridgehead atoms. The zero-order valence-electron chi connectivity index (χ0n) is 14.8. The fourth-order valence-corrected chi connectivity index (χ4v) is 2.63. The Labute approximate surface area is 161 Å². The lowest BCUT2D eigenvalue weighted by atomic mass is 9.85. The summed E-state index contributed by atoms with van der Waals surface area (Å²) in [4.78, 5) is 4.69. The van der Waals surface area contributed by atoms with Gasteiger partial charge in [-0.2, -0.15) is 0 Å². The predicted molar refractivity (Wildman–Crippen MR) is 108 cm³/mol. The van der Waals surface area contributed by atoms with E-state index in [4.69, 9.17) is 9.73 Å². The molecule has 0 spiro atoms. The van der Waals surface area contributed by atoms with Crippen molar-refractivity contribution in [2.24, 2.45) is 4.99 Å². The van der Waals surface area contributed by atoms with E-state index in [9.17, 15) is 4.39 Å². The topological polar surface area (TPSA) is 45.7 Å². The Bertz CT molecular complexity index is 514. The number of halogens is 2. The molecule has 0 radical (unpaired) electrons. The lowest BCUT2D eigenvalue weighted by Gasteiger charge is -2.24. The fraction of sp³-hybridized carbons (Fsp3) is 0.611. The Morgan fingerprint density at radius 1 is 1.29 bits per heavy atom. The molecule has 6 heteroatoms. The van der Waals surface area contributed by atoms with E-state index >= 15 is 0 Å². The van der Waals surface area contributed by atoms with Gasteiger partial charge >= 0.3 is 0 Å². The van der Waals surface area contributed by atoms with E-state index < -0.39 is 0 Å². The van der Waals surface area contributed by atoms with Gasteiger partial charge in [-0.05, 0) is 37.5 Å². The van der Waals surface area contributed by atoms with Crippen LogP contribution in [0.2, 0.25) is 0 Å². The van der Waals surface area contributed by atoms with E-state index in [0.717, 1.165) is 44.1 Å². The number of guanidine groups is 1. The van der Waals surface area contributed by atoms with Crippen molar-refractivity contribution in [1.29, 1.82) is 0 Å². The minimum Gasteiger partial charge on any atom is -0.376 e. The van der Waals surface area contributed by atoms with Crippen molar-refractivity contribution in [1.82, 2.24) is 10.6 Å². The fourth-order valence-electron chi connectivity index (χ4n) is 2.63. The van der Waals surface area contributed by atoms with Crippen molar-refractivity contribution in [3.8, 4) is 0 Å². The first-order valence-corrected chi connectivity index (χ1v) is 8.41. The first-order chi connectivity index (χ1) is 11.0. The van der Waals surface area contributed by atoms with Gasteiger partial charge in [0, 0.05) is 25.1 Å². The van der Waals surface area contributed by atoms with Crippen LogP contribution >= 0.6 is 24.0 Å². The molecule has 0 amide bonds. The van der Waals surface area contributed by atoms with Crippen LogP contribution in [-0.4, -0.2) is 38.3 Å². The predicted octanol–water partition coefficient (Wildman–Crippen LogP) is 3.46. The number of aliphatic imine (C=N–C) groups is 1. The summed E-state index contributed by atoms with van der Waals surface area (Å²) >= 11 is 0. The second kappa shape index (κ2) is 10.2. The van der Waals surface area contributed by atoms with E-state index in [0.29, 0.717) is 6.54 Å². The third kappa shape index (κ3) is 6.55. The molecule has 1 atom stereocenters. The minimum absolute atomic E-state index is 0. The summed E-state index contributed by atoms with van der Waals surface area (Å²) in [5.41, 5.74) is 0.928. The molecular formula is C18H29FIN3O. The van der Waals surface area contributed by atoms with Gasteiger partial charge in [-0.3, -0.25) is 4.99 Å². The van der Waals surface area contributed by atoms with Gasteiger partial charge in [-0.25, -0.2) is 4.39 Å². The molecule has 1 heterocycles. The molecule has 0 aromatic heterocycles. The highest BCUT2D eigenvalue weighted by Gasteiger charge is 2.21. The summed E-state index contributed by atoms with van der Waals surface area (Å²) < 4.78 is 18.7. The van der Waals surface area contributed by atoms with E-state index in [1.807, 2.05) is 19.1 Å². The van der Waals surface area contributed by atoms with Gasteiger partial charge in [-0.15, -0.1) is 24.0 Å². The molecule has 1 aliphatic heterocycles. The van der Waals surface area contributed by atoms with Gasteiger partial charge in [0.1, 0.15) is 5.82 Å². The van der Waals surface area contributed by atoms with Crippen LogP contribution in [0.5, 0.6) is 0 Å². The second-order valence-electron chi connectivity index (χ2n) is 6.60. The Morgan fingerprint density at radius 2 is 2.00 bits per heavy atom. The largest absolute Gasteiger partial charge is 0.376 e. The van der Waals surface area contributed by atoms with Crippen LogP contribution in [0.3, 0.4) is 0 Å². The zero-order chi connectivity index (χ0) is 16.7. The zero-order valence-corrected chi connectivity index (χ0v) is 17.1. The van der Waals surface area contributed by atoms with Gasteiger partial charge in [0.15, 0.2) is 5.96 Å². The van der Waals surface area contributed by atoms with Crippen LogP contribution in [0, 0.1) is 5.82 Å². The van der Waals surface area contributed by atoms with E-state index in [2.05, 4.69) is 24.5 Å². The van der Waals surface area contributed by atoms with Crippen molar-refractivity contribution in [3.05, 3.63) is 35.6 Å². The van der Waals surface area contributed by atoms with Crippen molar-refractivity contribution in [3.63, 3.8) is 0 Å². The third-order valence-corrected chi connectivity index (χ3v) is 4.12. The maximum absolute atomic E-state index is 13.1. The summed E-state index contributed by atoms with van der Waals surface area (Å²) in [5, 5.41) is 6.61. The quantitative estimate of drug-likeness (QED) is 0.397. The van der Waals surface area contributed by atoms with Crippen LogP contribution < -0.4 is 10.6 Å². The lowest BCUT2D eigenvalue weighted by molar-refractivity contribution is 0.114. The number of hydrogen-bond donors (Lipinski definition) is 2. The summed E-state index contributed by atoms with van der Waals surface area (Å²) in [6, 6.07) is 6.67. The number of rotatable bonds is 6. The molecule has 1 saturated heterocycles. The highest BCUT2D eigenvalue weighted by atomic mass is 127. The van der Waals surface area contributed by atoms with Crippen LogP contribution in [0.4, 0.5) is 4.39 Å². The molecule has 136 valence electrons. The van der Waals surface area contributed by atoms with Gasteiger partial charge < -0.3 is 15.4 Å².